The topological polar surface area (TPSA) is 97.3 Å². The molecule has 0 aromatic rings. The van der Waals surface area contributed by atoms with Crippen molar-refractivity contribution < 1.29 is 29.2 Å². The van der Waals surface area contributed by atoms with Gasteiger partial charge in [-0.1, -0.05) is 20.3 Å². The summed E-state index contributed by atoms with van der Waals surface area (Å²) in [6, 6.07) is 0. The van der Waals surface area contributed by atoms with Crippen LogP contribution >= 0.6 is 0 Å². The molecule has 0 aliphatic carbocycles. The number of methoxy groups -OCH3 is 1. The highest BCUT2D eigenvalue weighted by Crippen LogP contribution is 2.31. The minimum atomic E-state index is -0.666. The second-order valence-electron chi connectivity index (χ2n) is 6.15. The third kappa shape index (κ3) is 6.73. The Hall–Kier alpha value is -0.730. The SMILES string of the molecule is COCNC(=O)CCCCCO[C@@H]1OC(CO)[C@H](O)[C@H](C)C1C. The Morgan fingerprint density at radius 2 is 1.96 bits per heavy atom. The van der Waals surface area contributed by atoms with Crippen LogP contribution < -0.4 is 5.32 Å². The van der Waals surface area contributed by atoms with Crippen LogP contribution in [0.25, 0.3) is 0 Å². The molecule has 0 radical (unpaired) electrons. The summed E-state index contributed by atoms with van der Waals surface area (Å²) in [7, 11) is 1.53. The van der Waals surface area contributed by atoms with Crippen LogP contribution in [-0.2, 0) is 19.0 Å². The van der Waals surface area contributed by atoms with Crippen molar-refractivity contribution in [2.45, 2.75) is 58.0 Å². The quantitative estimate of drug-likeness (QED) is 0.401. The maximum atomic E-state index is 11.4. The Bertz CT molecular complexity index is 339. The zero-order valence-electron chi connectivity index (χ0n) is 14.4. The van der Waals surface area contributed by atoms with Crippen LogP contribution in [0.15, 0.2) is 0 Å². The summed E-state index contributed by atoms with van der Waals surface area (Å²) in [5.74, 6) is 0.0635. The number of aliphatic hydroxyl groups is 2. The molecule has 1 saturated heterocycles. The molecule has 0 aromatic carbocycles. The zero-order valence-corrected chi connectivity index (χ0v) is 14.4. The lowest BCUT2D eigenvalue weighted by Gasteiger charge is -2.41. The first-order chi connectivity index (χ1) is 11.0. The van der Waals surface area contributed by atoms with Gasteiger partial charge in [-0.25, -0.2) is 0 Å². The minimum absolute atomic E-state index is 0.00870. The predicted molar refractivity (Wildman–Crippen MR) is 84.5 cm³/mol. The number of carbonyl (C=O) groups is 1. The first-order valence-electron chi connectivity index (χ1n) is 8.32. The second-order valence-corrected chi connectivity index (χ2v) is 6.15. The normalized spacial score (nSPS) is 31.1. The number of nitrogens with one attached hydrogen (secondary N) is 1. The minimum Gasteiger partial charge on any atom is -0.394 e. The van der Waals surface area contributed by atoms with Gasteiger partial charge >= 0.3 is 0 Å². The van der Waals surface area contributed by atoms with Crippen molar-refractivity contribution in [3.05, 3.63) is 0 Å². The maximum absolute atomic E-state index is 11.4. The molecule has 0 spiro atoms. The predicted octanol–water partition coefficient (Wildman–Crippen LogP) is 0.634. The van der Waals surface area contributed by atoms with Crippen LogP contribution in [0.5, 0.6) is 0 Å². The molecule has 2 unspecified atom stereocenters. The third-order valence-corrected chi connectivity index (χ3v) is 4.41. The summed E-state index contributed by atoms with van der Waals surface area (Å²) in [6.07, 6.45) is 1.35. The highest BCUT2D eigenvalue weighted by Gasteiger charge is 2.40. The van der Waals surface area contributed by atoms with E-state index < -0.39 is 18.5 Å². The van der Waals surface area contributed by atoms with E-state index in [1.807, 2.05) is 13.8 Å². The molecule has 136 valence electrons. The van der Waals surface area contributed by atoms with Crippen molar-refractivity contribution >= 4 is 5.91 Å². The summed E-state index contributed by atoms with van der Waals surface area (Å²) < 4.78 is 16.1. The number of aliphatic hydroxyl groups excluding tert-OH is 2. The van der Waals surface area contributed by atoms with Gasteiger partial charge in [0.2, 0.25) is 5.91 Å². The van der Waals surface area contributed by atoms with Crippen molar-refractivity contribution in [3.63, 3.8) is 0 Å². The molecule has 7 nitrogen and oxygen atoms in total. The third-order valence-electron chi connectivity index (χ3n) is 4.41. The van der Waals surface area contributed by atoms with Crippen LogP contribution in [0.3, 0.4) is 0 Å². The van der Waals surface area contributed by atoms with Crippen molar-refractivity contribution in [3.8, 4) is 0 Å². The van der Waals surface area contributed by atoms with E-state index in [9.17, 15) is 15.0 Å². The van der Waals surface area contributed by atoms with Gasteiger partial charge in [-0.05, 0) is 18.8 Å². The van der Waals surface area contributed by atoms with Crippen LogP contribution in [0.4, 0.5) is 0 Å². The van der Waals surface area contributed by atoms with Crippen molar-refractivity contribution in [1.29, 1.82) is 0 Å². The highest BCUT2D eigenvalue weighted by atomic mass is 16.7. The van der Waals surface area contributed by atoms with Gasteiger partial charge in [0.15, 0.2) is 6.29 Å². The molecule has 1 rings (SSSR count). The molecule has 23 heavy (non-hydrogen) atoms. The summed E-state index contributed by atoms with van der Waals surface area (Å²) in [5.41, 5.74) is 0. The molecular formula is C16H31NO6. The summed E-state index contributed by atoms with van der Waals surface area (Å²) in [6.45, 7) is 4.49. The van der Waals surface area contributed by atoms with E-state index >= 15 is 0 Å². The highest BCUT2D eigenvalue weighted by molar-refractivity contribution is 5.75. The van der Waals surface area contributed by atoms with Gasteiger partial charge in [0.05, 0.1) is 12.7 Å². The molecule has 7 heteroatoms. The fourth-order valence-corrected chi connectivity index (χ4v) is 2.62. The van der Waals surface area contributed by atoms with E-state index in [0.717, 1.165) is 19.3 Å². The average molecular weight is 333 g/mol. The van der Waals surface area contributed by atoms with Gasteiger partial charge in [0, 0.05) is 26.1 Å². The zero-order chi connectivity index (χ0) is 17.2. The molecule has 3 N–H and O–H groups in total. The van der Waals surface area contributed by atoms with Gasteiger partial charge < -0.3 is 29.7 Å². The summed E-state index contributed by atoms with van der Waals surface area (Å²) in [5, 5.41) is 21.9. The molecule has 0 bridgehead atoms. The Kier molecular flexibility index (Phi) is 9.66. The average Bonchev–Trinajstić information content (AvgIpc) is 2.55. The fraction of sp³-hybridized carbons (Fsp3) is 0.938. The number of ether oxygens (including phenoxy) is 3. The maximum Gasteiger partial charge on any atom is 0.221 e. The van der Waals surface area contributed by atoms with Crippen molar-refractivity contribution in [2.75, 3.05) is 27.1 Å². The van der Waals surface area contributed by atoms with E-state index in [1.165, 1.54) is 7.11 Å². The molecule has 1 aliphatic rings. The number of hydrogen-bond acceptors (Lipinski definition) is 6. The van der Waals surface area contributed by atoms with Gasteiger partial charge in [-0.3, -0.25) is 4.79 Å². The van der Waals surface area contributed by atoms with E-state index in [0.29, 0.717) is 13.0 Å². The number of rotatable bonds is 10. The lowest BCUT2D eigenvalue weighted by Crippen LogP contribution is -2.51. The van der Waals surface area contributed by atoms with Gasteiger partial charge in [-0.2, -0.15) is 0 Å². The van der Waals surface area contributed by atoms with Crippen molar-refractivity contribution in [1.82, 2.24) is 5.32 Å². The standard InChI is InChI=1S/C16H31NO6/c1-11-12(2)16(23-13(9-18)15(11)20)22-8-6-4-5-7-14(19)17-10-21-3/h11-13,15-16,18,20H,4-10H2,1-3H3,(H,17,19)/t11-,12?,13?,15-,16-/m1/s1. The Labute approximate surface area is 138 Å². The number of hydrogen-bond donors (Lipinski definition) is 3. The summed E-state index contributed by atoms with van der Waals surface area (Å²) >= 11 is 0. The van der Waals surface area contributed by atoms with E-state index in [4.69, 9.17) is 14.2 Å². The molecule has 5 atom stereocenters. The van der Waals surface area contributed by atoms with Gasteiger partial charge in [0.1, 0.15) is 12.8 Å². The van der Waals surface area contributed by atoms with Crippen LogP contribution in [0, 0.1) is 11.8 Å². The van der Waals surface area contributed by atoms with Crippen molar-refractivity contribution in [2.24, 2.45) is 11.8 Å². The first kappa shape index (κ1) is 20.3. The lowest BCUT2D eigenvalue weighted by atomic mass is 9.85. The lowest BCUT2D eigenvalue weighted by molar-refractivity contribution is -0.268. The van der Waals surface area contributed by atoms with Crippen LogP contribution in [0.1, 0.15) is 39.5 Å². The molecule has 1 amide bonds. The molecule has 1 fully saturated rings. The molecule has 0 aromatic heterocycles. The van der Waals surface area contributed by atoms with E-state index in [-0.39, 0.29) is 31.1 Å². The Morgan fingerprint density at radius 3 is 2.61 bits per heavy atom. The van der Waals surface area contributed by atoms with E-state index in [1.54, 1.807) is 0 Å². The van der Waals surface area contributed by atoms with Gasteiger partial charge in [-0.15, -0.1) is 0 Å². The largest absolute Gasteiger partial charge is 0.394 e. The molecule has 1 heterocycles. The number of unbranched alkanes of at least 4 members (excludes halogenated alkanes) is 2. The second kappa shape index (κ2) is 10.9. The number of amides is 1. The van der Waals surface area contributed by atoms with Crippen LogP contribution in [0.2, 0.25) is 0 Å². The molecular weight excluding hydrogens is 302 g/mol. The van der Waals surface area contributed by atoms with E-state index in [2.05, 4.69) is 5.32 Å². The van der Waals surface area contributed by atoms with Gasteiger partial charge in [0.25, 0.3) is 0 Å². The first-order valence-corrected chi connectivity index (χ1v) is 8.32. The van der Waals surface area contributed by atoms with Crippen LogP contribution in [-0.4, -0.2) is 61.7 Å². The number of carbonyl (C=O) groups excluding carboxylic acids is 1. The molecule has 1 aliphatic heterocycles. The Balaban J connectivity index is 2.16. The summed E-state index contributed by atoms with van der Waals surface area (Å²) in [4.78, 5) is 11.4. The smallest absolute Gasteiger partial charge is 0.221 e. The Morgan fingerprint density at radius 1 is 1.22 bits per heavy atom. The monoisotopic (exact) mass is 333 g/mol. The molecule has 0 saturated carbocycles. The fourth-order valence-electron chi connectivity index (χ4n) is 2.62.